The summed E-state index contributed by atoms with van der Waals surface area (Å²) in [6, 6.07) is 10.6. The molecule has 1 N–H and O–H groups in total. The molecule has 0 radical (unpaired) electrons. The molecule has 3 aromatic rings. The zero-order valence-electron chi connectivity index (χ0n) is 17.5. The molecule has 0 atom stereocenters. The number of hydrogen-bond donors (Lipinski definition) is 1. The van der Waals surface area contributed by atoms with E-state index in [9.17, 15) is 9.59 Å². The number of methoxy groups -OCH3 is 1. The van der Waals surface area contributed by atoms with Gasteiger partial charge in [0.15, 0.2) is 5.82 Å². The van der Waals surface area contributed by atoms with Gasteiger partial charge < -0.3 is 14.5 Å². The summed E-state index contributed by atoms with van der Waals surface area (Å²) in [7, 11) is 1.60. The van der Waals surface area contributed by atoms with E-state index in [0.29, 0.717) is 36.3 Å². The Morgan fingerprint density at radius 2 is 2.09 bits per heavy atom. The first-order chi connectivity index (χ1) is 15.7. The molecule has 1 aromatic carbocycles. The normalized spacial score (nSPS) is 15.2. The summed E-state index contributed by atoms with van der Waals surface area (Å²) in [5.41, 5.74) is 1.46. The molecule has 2 aliphatic heterocycles. The first-order valence-corrected chi connectivity index (χ1v) is 10.3. The molecule has 0 saturated heterocycles. The highest BCUT2D eigenvalue weighted by Crippen LogP contribution is 2.33. The van der Waals surface area contributed by atoms with Crippen LogP contribution in [0.25, 0.3) is 5.69 Å². The minimum Gasteiger partial charge on any atom is -0.497 e. The zero-order valence-corrected chi connectivity index (χ0v) is 17.5. The van der Waals surface area contributed by atoms with Crippen LogP contribution in [0.3, 0.4) is 0 Å². The number of amidine groups is 1. The molecule has 2 aliphatic rings. The number of furan rings is 1. The fourth-order valence-corrected chi connectivity index (χ4v) is 3.87. The highest BCUT2D eigenvalue weighted by atomic mass is 16.5. The van der Waals surface area contributed by atoms with Crippen LogP contribution in [0.2, 0.25) is 0 Å². The second-order valence-corrected chi connectivity index (χ2v) is 7.43. The molecule has 3 amide bonds. The quantitative estimate of drug-likeness (QED) is 0.640. The number of ether oxygens (including phenoxy) is 1. The van der Waals surface area contributed by atoms with Gasteiger partial charge in [0.2, 0.25) is 5.91 Å². The number of carbonyl (C=O) groups excluding carboxylic acids is 2. The molecule has 10 heteroatoms. The van der Waals surface area contributed by atoms with E-state index in [-0.39, 0.29) is 25.0 Å². The molecule has 0 aliphatic carbocycles. The lowest BCUT2D eigenvalue weighted by Gasteiger charge is -2.37. The Labute approximate surface area is 184 Å². The number of anilines is 1. The Hall–Kier alpha value is -4.08. The highest BCUT2D eigenvalue weighted by Gasteiger charge is 2.40. The maximum atomic E-state index is 13.4. The van der Waals surface area contributed by atoms with Crippen molar-refractivity contribution in [3.05, 3.63) is 60.2 Å². The van der Waals surface area contributed by atoms with Crippen molar-refractivity contribution in [3.63, 3.8) is 0 Å². The third-order valence-corrected chi connectivity index (χ3v) is 5.42. The minimum absolute atomic E-state index is 0.155. The smallest absolute Gasteiger partial charge is 0.331 e. The number of amides is 3. The van der Waals surface area contributed by atoms with Crippen molar-refractivity contribution in [2.45, 2.75) is 13.0 Å². The number of hydrogen-bond acceptors (Lipinski definition) is 6. The van der Waals surface area contributed by atoms with Crippen LogP contribution in [0, 0.1) is 0 Å². The number of carbonyl (C=O) groups is 2. The van der Waals surface area contributed by atoms with Crippen molar-refractivity contribution >= 4 is 23.6 Å². The first kappa shape index (κ1) is 19.9. The Morgan fingerprint density at radius 3 is 2.84 bits per heavy atom. The number of fused-ring (bicyclic) bond motifs is 3. The standard InChI is InChI=1S/C22H22N6O4/c1-31-16-7-5-15(6-8-16)28-21-18(13-25-28)20-23-9-3-10-26(20)22(30)27(21)14-19(29)24-12-17-4-2-11-32-17/h2,4-8,11,13H,3,9-10,12,14H2,1H3,(H,24,29). The number of nitrogens with one attached hydrogen (secondary N) is 1. The molecule has 32 heavy (non-hydrogen) atoms. The summed E-state index contributed by atoms with van der Waals surface area (Å²) in [5, 5.41) is 7.32. The Bertz CT molecular complexity index is 1170. The SMILES string of the molecule is COc1ccc(-n2ncc3c2N(CC(=O)NCc2ccco2)C(=O)N2CCCN=C32)cc1. The minimum atomic E-state index is -0.305. The van der Waals surface area contributed by atoms with E-state index in [1.54, 1.807) is 41.3 Å². The van der Waals surface area contributed by atoms with Gasteiger partial charge in [-0.05, 0) is 42.8 Å². The van der Waals surface area contributed by atoms with Gasteiger partial charge in [-0.3, -0.25) is 19.6 Å². The molecule has 10 nitrogen and oxygen atoms in total. The fourth-order valence-electron chi connectivity index (χ4n) is 3.87. The van der Waals surface area contributed by atoms with Gasteiger partial charge in [0.1, 0.15) is 23.9 Å². The van der Waals surface area contributed by atoms with Crippen LogP contribution in [0.1, 0.15) is 17.7 Å². The van der Waals surface area contributed by atoms with Gasteiger partial charge >= 0.3 is 6.03 Å². The predicted octanol–water partition coefficient (Wildman–Crippen LogP) is 2.18. The molecule has 0 saturated carbocycles. The van der Waals surface area contributed by atoms with Crippen LogP contribution in [-0.4, -0.2) is 59.2 Å². The summed E-state index contributed by atoms with van der Waals surface area (Å²) >= 11 is 0. The van der Waals surface area contributed by atoms with Crippen molar-refractivity contribution < 1.29 is 18.7 Å². The lowest BCUT2D eigenvalue weighted by Crippen LogP contribution is -2.55. The van der Waals surface area contributed by atoms with Crippen LogP contribution in [-0.2, 0) is 11.3 Å². The Balaban J connectivity index is 1.49. The van der Waals surface area contributed by atoms with Crippen molar-refractivity contribution in [1.82, 2.24) is 20.0 Å². The van der Waals surface area contributed by atoms with Crippen molar-refractivity contribution in [2.24, 2.45) is 4.99 Å². The van der Waals surface area contributed by atoms with Gasteiger partial charge in [0.05, 0.1) is 37.4 Å². The first-order valence-electron chi connectivity index (χ1n) is 10.3. The molecular weight excluding hydrogens is 412 g/mol. The third kappa shape index (κ3) is 3.49. The van der Waals surface area contributed by atoms with Gasteiger partial charge in [-0.15, -0.1) is 0 Å². The van der Waals surface area contributed by atoms with Gasteiger partial charge in [-0.2, -0.15) is 5.10 Å². The molecule has 0 spiro atoms. The fraction of sp³-hybridized carbons (Fsp3) is 0.273. The molecule has 0 unspecified atom stereocenters. The zero-order chi connectivity index (χ0) is 22.1. The average molecular weight is 434 g/mol. The van der Waals surface area contributed by atoms with E-state index in [4.69, 9.17) is 9.15 Å². The number of rotatable bonds is 6. The van der Waals surface area contributed by atoms with Crippen molar-refractivity contribution in [2.75, 3.05) is 31.6 Å². The van der Waals surface area contributed by atoms with Gasteiger partial charge in [0.25, 0.3) is 0 Å². The summed E-state index contributed by atoms with van der Waals surface area (Å²) < 4.78 is 12.2. The highest BCUT2D eigenvalue weighted by molar-refractivity contribution is 6.19. The maximum Gasteiger partial charge on any atom is 0.331 e. The van der Waals surface area contributed by atoms with E-state index in [2.05, 4.69) is 15.4 Å². The van der Waals surface area contributed by atoms with E-state index in [1.165, 1.54) is 4.90 Å². The number of nitrogens with zero attached hydrogens (tertiary/aromatic N) is 5. The molecule has 0 bridgehead atoms. The van der Waals surface area contributed by atoms with Crippen molar-refractivity contribution in [3.8, 4) is 11.4 Å². The van der Waals surface area contributed by atoms with E-state index in [1.807, 2.05) is 24.3 Å². The number of aromatic nitrogens is 2. The van der Waals surface area contributed by atoms with E-state index in [0.717, 1.165) is 17.7 Å². The number of benzene rings is 1. The van der Waals surface area contributed by atoms with Gasteiger partial charge in [0, 0.05) is 13.1 Å². The summed E-state index contributed by atoms with van der Waals surface area (Å²) in [4.78, 5) is 33.8. The molecule has 4 heterocycles. The maximum absolute atomic E-state index is 13.4. The third-order valence-electron chi connectivity index (χ3n) is 5.42. The van der Waals surface area contributed by atoms with E-state index < -0.39 is 0 Å². The van der Waals surface area contributed by atoms with Gasteiger partial charge in [-0.1, -0.05) is 0 Å². The second-order valence-electron chi connectivity index (χ2n) is 7.43. The Kier molecular flexibility index (Phi) is 5.10. The lowest BCUT2D eigenvalue weighted by molar-refractivity contribution is -0.120. The van der Waals surface area contributed by atoms with Crippen LogP contribution >= 0.6 is 0 Å². The largest absolute Gasteiger partial charge is 0.497 e. The second kappa shape index (κ2) is 8.22. The van der Waals surface area contributed by atoms with Gasteiger partial charge in [-0.25, -0.2) is 9.48 Å². The van der Waals surface area contributed by atoms with Crippen LogP contribution in [0.5, 0.6) is 5.75 Å². The summed E-state index contributed by atoms with van der Waals surface area (Å²) in [6.45, 7) is 1.29. The summed E-state index contributed by atoms with van der Waals surface area (Å²) in [5.74, 6) is 2.16. The predicted molar refractivity (Wildman–Crippen MR) is 116 cm³/mol. The van der Waals surface area contributed by atoms with Crippen molar-refractivity contribution in [1.29, 1.82) is 0 Å². The van der Waals surface area contributed by atoms with E-state index >= 15 is 0 Å². The number of aliphatic imine (C=N–C) groups is 1. The molecule has 164 valence electrons. The number of urea groups is 1. The van der Waals surface area contributed by atoms with Crippen LogP contribution in [0.15, 0.2) is 58.3 Å². The average Bonchev–Trinajstić information content (AvgIpc) is 3.51. The Morgan fingerprint density at radius 1 is 1.25 bits per heavy atom. The topological polar surface area (TPSA) is 105 Å². The molecule has 0 fully saturated rings. The van der Waals surface area contributed by atoms with Crippen LogP contribution < -0.4 is 15.0 Å². The monoisotopic (exact) mass is 434 g/mol. The molecular formula is C22H22N6O4. The molecule has 5 rings (SSSR count). The lowest BCUT2D eigenvalue weighted by atomic mass is 10.1. The summed E-state index contributed by atoms with van der Waals surface area (Å²) in [6.07, 6.45) is 4.01. The molecule has 2 aromatic heterocycles. The van der Waals surface area contributed by atoms with Crippen LogP contribution in [0.4, 0.5) is 10.6 Å².